The van der Waals surface area contributed by atoms with E-state index in [0.717, 1.165) is 24.3 Å². The Hall–Kier alpha value is -1.95. The second kappa shape index (κ2) is 7.23. The van der Waals surface area contributed by atoms with E-state index in [4.69, 9.17) is 0 Å². The third-order valence-electron chi connectivity index (χ3n) is 3.04. The van der Waals surface area contributed by atoms with Gasteiger partial charge in [-0.2, -0.15) is 53.3 Å². The van der Waals surface area contributed by atoms with Crippen molar-refractivity contribution in [3.63, 3.8) is 0 Å². The number of nitrogens with zero attached hydrogens (tertiary/aromatic N) is 1. The predicted octanol–water partition coefficient (Wildman–Crippen LogP) is 5.90. The number of thiocarbonyl (C=S) groups is 1. The first-order valence-corrected chi connectivity index (χ1v) is 6.81. The van der Waals surface area contributed by atoms with Gasteiger partial charge in [0.1, 0.15) is 5.75 Å². The minimum absolute atomic E-state index is 0.116. The van der Waals surface area contributed by atoms with Crippen LogP contribution in [0.15, 0.2) is 29.3 Å². The topological polar surface area (TPSA) is 21.6 Å². The molecule has 1 aromatic carbocycles. The van der Waals surface area contributed by atoms with E-state index in [1.807, 2.05) is 5.16 Å². The Labute approximate surface area is 148 Å². The molecule has 14 heteroatoms. The highest BCUT2D eigenvalue weighted by Gasteiger charge is 2.87. The van der Waals surface area contributed by atoms with Gasteiger partial charge < -0.3 is 4.74 Å². The molecule has 27 heavy (non-hydrogen) atoms. The zero-order valence-corrected chi connectivity index (χ0v) is 13.3. The van der Waals surface area contributed by atoms with Crippen molar-refractivity contribution >= 4 is 23.1 Å². The van der Waals surface area contributed by atoms with Gasteiger partial charge in [0.2, 0.25) is 0 Å². The molecule has 0 aliphatic rings. The lowest BCUT2D eigenvalue weighted by Gasteiger charge is -2.37. The third kappa shape index (κ3) is 4.15. The highest BCUT2D eigenvalue weighted by atomic mass is 32.1. The van der Waals surface area contributed by atoms with Crippen LogP contribution in [0.2, 0.25) is 0 Å². The van der Waals surface area contributed by atoms with Crippen LogP contribution in [0.25, 0.3) is 0 Å². The molecule has 2 nitrogen and oxygen atoms in total. The average Bonchev–Trinajstić information content (AvgIpc) is 2.53. The van der Waals surface area contributed by atoms with Gasteiger partial charge in [0.05, 0.1) is 10.8 Å². The summed E-state index contributed by atoms with van der Waals surface area (Å²) in [5, 5.41) is 1.92. The fourth-order valence-electron chi connectivity index (χ4n) is 1.54. The molecule has 0 aromatic heterocycles. The molecule has 0 bridgehead atoms. The Morgan fingerprint density at radius 2 is 1.26 bits per heavy atom. The highest BCUT2D eigenvalue weighted by Crippen LogP contribution is 2.57. The Kier molecular flexibility index (Phi) is 6.18. The van der Waals surface area contributed by atoms with Crippen molar-refractivity contribution in [2.24, 2.45) is 4.99 Å². The van der Waals surface area contributed by atoms with Gasteiger partial charge in [-0.1, -0.05) is 0 Å². The summed E-state index contributed by atoms with van der Waals surface area (Å²) in [5.74, 6) is -28.7. The van der Waals surface area contributed by atoms with Gasteiger partial charge in [-0.25, -0.2) is 0 Å². The molecule has 0 N–H and O–H groups in total. The van der Waals surface area contributed by atoms with Gasteiger partial charge in [-0.05, 0) is 36.5 Å². The summed E-state index contributed by atoms with van der Waals surface area (Å²) in [4.78, 5) is 3.43. The SMILES string of the molecule is FC(F)(F)C(F)(F)C(F)(F)C(F)(F)C(F)(F)COc1ccc(N=C=S)cc1. The monoisotopic (exact) mass is 433 g/mol. The van der Waals surface area contributed by atoms with E-state index in [1.165, 1.54) is 0 Å². The summed E-state index contributed by atoms with van der Waals surface area (Å²) >= 11 is 4.26. The lowest BCUT2D eigenvalue weighted by molar-refractivity contribution is -0.423. The molecule has 0 atom stereocenters. The Balaban J connectivity index is 3.07. The summed E-state index contributed by atoms with van der Waals surface area (Å²) in [6.07, 6.45) is -7.20. The maximum atomic E-state index is 13.4. The van der Waals surface area contributed by atoms with E-state index in [2.05, 4.69) is 21.9 Å². The molecule has 152 valence electrons. The van der Waals surface area contributed by atoms with Crippen LogP contribution in [0.1, 0.15) is 0 Å². The molecule has 0 fully saturated rings. The quantitative estimate of drug-likeness (QED) is 0.303. The Morgan fingerprint density at radius 1 is 0.778 bits per heavy atom. The lowest BCUT2D eigenvalue weighted by Crippen LogP contribution is -2.67. The average molecular weight is 433 g/mol. The van der Waals surface area contributed by atoms with Gasteiger partial charge in [-0.15, -0.1) is 0 Å². The van der Waals surface area contributed by atoms with E-state index in [0.29, 0.717) is 0 Å². The van der Waals surface area contributed by atoms with E-state index in [-0.39, 0.29) is 5.69 Å². The minimum atomic E-state index is -7.46. The molecule has 0 spiro atoms. The maximum Gasteiger partial charge on any atom is 0.460 e. The van der Waals surface area contributed by atoms with Crippen molar-refractivity contribution in [2.75, 3.05) is 6.61 Å². The van der Waals surface area contributed by atoms with E-state index >= 15 is 0 Å². The molecular formula is C13H6F11NOS. The van der Waals surface area contributed by atoms with Crippen LogP contribution in [-0.4, -0.2) is 41.6 Å². The van der Waals surface area contributed by atoms with Crippen molar-refractivity contribution in [3.05, 3.63) is 24.3 Å². The number of benzene rings is 1. The smallest absolute Gasteiger partial charge is 0.460 e. The molecule has 0 amide bonds. The van der Waals surface area contributed by atoms with Crippen molar-refractivity contribution in [1.29, 1.82) is 0 Å². The van der Waals surface area contributed by atoms with Crippen molar-refractivity contribution in [1.82, 2.24) is 0 Å². The molecule has 0 unspecified atom stereocenters. The van der Waals surface area contributed by atoms with Gasteiger partial charge in [0, 0.05) is 0 Å². The van der Waals surface area contributed by atoms with Crippen molar-refractivity contribution < 1.29 is 53.0 Å². The second-order valence-electron chi connectivity index (χ2n) is 4.91. The van der Waals surface area contributed by atoms with E-state index in [9.17, 15) is 48.3 Å². The molecular weight excluding hydrogens is 427 g/mol. The van der Waals surface area contributed by atoms with Crippen LogP contribution < -0.4 is 4.74 Å². The fourth-order valence-corrected chi connectivity index (χ4v) is 1.64. The van der Waals surface area contributed by atoms with Crippen LogP contribution in [0.4, 0.5) is 54.0 Å². The summed E-state index contributed by atoms with van der Waals surface area (Å²) < 4.78 is 145. The van der Waals surface area contributed by atoms with E-state index < -0.39 is 42.2 Å². The Morgan fingerprint density at radius 3 is 1.67 bits per heavy atom. The highest BCUT2D eigenvalue weighted by molar-refractivity contribution is 7.78. The largest absolute Gasteiger partial charge is 0.487 e. The zero-order valence-electron chi connectivity index (χ0n) is 12.4. The molecule has 1 aromatic rings. The first kappa shape index (κ1) is 23.1. The predicted molar refractivity (Wildman–Crippen MR) is 72.5 cm³/mol. The number of halogens is 11. The normalized spacial score (nSPS) is 13.9. The fraction of sp³-hybridized carbons (Fsp3) is 0.462. The standard InChI is InChI=1S/C13H6F11NOS/c14-9(15,5-26-8-3-1-7(2-4-8)25-6-27)10(16,17)11(18,19)12(20,21)13(22,23)24/h1-4H,5H2. The second-order valence-corrected chi connectivity index (χ2v) is 5.09. The number of alkyl halides is 11. The molecule has 0 saturated heterocycles. The summed E-state index contributed by atoms with van der Waals surface area (Å²) in [6, 6.07) is 3.80. The van der Waals surface area contributed by atoms with Crippen LogP contribution in [0.3, 0.4) is 0 Å². The summed E-state index contributed by atoms with van der Waals surface area (Å²) in [6.45, 7) is -2.61. The first-order valence-electron chi connectivity index (χ1n) is 6.40. The summed E-state index contributed by atoms with van der Waals surface area (Å²) in [7, 11) is 0. The van der Waals surface area contributed by atoms with Gasteiger partial charge in [0.15, 0.2) is 6.61 Å². The van der Waals surface area contributed by atoms with Crippen LogP contribution >= 0.6 is 12.2 Å². The molecule has 0 saturated carbocycles. The number of isothiocyanates is 1. The zero-order chi connectivity index (χ0) is 21.3. The van der Waals surface area contributed by atoms with Gasteiger partial charge in [0.25, 0.3) is 0 Å². The van der Waals surface area contributed by atoms with Crippen molar-refractivity contribution in [3.8, 4) is 5.75 Å². The van der Waals surface area contributed by atoms with Crippen LogP contribution in [0, 0.1) is 0 Å². The Bertz CT molecular complexity index is 708. The molecule has 0 heterocycles. The number of ether oxygens (including phenoxy) is 1. The van der Waals surface area contributed by atoms with Gasteiger partial charge >= 0.3 is 29.9 Å². The third-order valence-corrected chi connectivity index (χ3v) is 3.13. The summed E-state index contributed by atoms with van der Waals surface area (Å²) in [5.41, 5.74) is 0.116. The molecule has 1 rings (SSSR count). The number of hydrogen-bond donors (Lipinski definition) is 0. The lowest BCUT2D eigenvalue weighted by atomic mass is 9.98. The molecule has 0 aliphatic carbocycles. The molecule has 0 aliphatic heterocycles. The first-order chi connectivity index (χ1) is 12.0. The number of rotatable bonds is 7. The van der Waals surface area contributed by atoms with Crippen molar-refractivity contribution in [2.45, 2.75) is 29.9 Å². The minimum Gasteiger partial charge on any atom is -0.487 e. The van der Waals surface area contributed by atoms with Gasteiger partial charge in [-0.3, -0.25) is 0 Å². The number of hydrogen-bond acceptors (Lipinski definition) is 3. The van der Waals surface area contributed by atoms with Crippen LogP contribution in [0.5, 0.6) is 5.75 Å². The number of aliphatic imine (C=N–C) groups is 1. The van der Waals surface area contributed by atoms with E-state index in [1.54, 1.807) is 0 Å². The van der Waals surface area contributed by atoms with Crippen LogP contribution in [-0.2, 0) is 0 Å². The molecule has 0 radical (unpaired) electrons. The maximum absolute atomic E-state index is 13.4.